The maximum absolute atomic E-state index is 11.5. The maximum atomic E-state index is 11.5. The van der Waals surface area contributed by atoms with Crippen LogP contribution in [0.2, 0.25) is 0 Å². The third kappa shape index (κ3) is 4.36. The number of carboxylic acid groups (broad SMARTS) is 1. The number of rotatable bonds is 5. The third-order valence-corrected chi connectivity index (χ3v) is 2.29. The van der Waals surface area contributed by atoms with Crippen LogP contribution < -0.4 is 10.6 Å². The molecule has 1 aromatic rings. The normalized spacial score (nSPS) is 11.9. The van der Waals surface area contributed by atoms with E-state index in [1.54, 1.807) is 26.1 Å². The zero-order valence-electron chi connectivity index (χ0n) is 10.3. The number of carboxylic acids is 1. The van der Waals surface area contributed by atoms with Gasteiger partial charge >= 0.3 is 12.0 Å². The van der Waals surface area contributed by atoms with E-state index in [9.17, 15) is 9.59 Å². The summed E-state index contributed by atoms with van der Waals surface area (Å²) in [5.74, 6) is -1.24. The van der Waals surface area contributed by atoms with Crippen LogP contribution in [0.15, 0.2) is 18.6 Å². The fourth-order valence-corrected chi connectivity index (χ4v) is 1.30. The van der Waals surface area contributed by atoms with Crippen molar-refractivity contribution in [1.82, 2.24) is 20.6 Å². The highest BCUT2D eigenvalue weighted by Gasteiger charge is 2.23. The van der Waals surface area contributed by atoms with Gasteiger partial charge in [0.25, 0.3) is 0 Å². The van der Waals surface area contributed by atoms with Gasteiger partial charge in [-0.05, 0) is 12.0 Å². The Morgan fingerprint density at radius 3 is 2.67 bits per heavy atom. The summed E-state index contributed by atoms with van der Waals surface area (Å²) in [6.07, 6.45) is 2.94. The number of amides is 2. The molecule has 0 aliphatic heterocycles. The van der Waals surface area contributed by atoms with Crippen LogP contribution >= 0.6 is 0 Å². The quantitative estimate of drug-likeness (QED) is 0.703. The summed E-state index contributed by atoms with van der Waals surface area (Å²) in [6.45, 7) is 3.67. The zero-order chi connectivity index (χ0) is 13.5. The zero-order valence-corrected chi connectivity index (χ0v) is 10.3. The van der Waals surface area contributed by atoms with E-state index < -0.39 is 18.0 Å². The Morgan fingerprint density at radius 1 is 1.44 bits per heavy atom. The molecule has 2 amide bonds. The molecule has 7 nitrogen and oxygen atoms in total. The van der Waals surface area contributed by atoms with Crippen molar-refractivity contribution in [2.45, 2.75) is 26.4 Å². The summed E-state index contributed by atoms with van der Waals surface area (Å²) in [7, 11) is 0. The number of nitrogens with zero attached hydrogens (tertiary/aromatic N) is 2. The molecule has 1 heterocycles. The number of carbonyl (C=O) groups excluding carboxylic acids is 1. The second-order valence-corrected chi connectivity index (χ2v) is 4.09. The predicted molar refractivity (Wildman–Crippen MR) is 63.7 cm³/mol. The smallest absolute Gasteiger partial charge is 0.326 e. The molecule has 0 spiro atoms. The molecular weight excluding hydrogens is 236 g/mol. The van der Waals surface area contributed by atoms with E-state index in [0.717, 1.165) is 0 Å². The van der Waals surface area contributed by atoms with Gasteiger partial charge in [-0.1, -0.05) is 13.8 Å². The van der Waals surface area contributed by atoms with Crippen molar-refractivity contribution in [3.05, 3.63) is 24.3 Å². The van der Waals surface area contributed by atoms with Crippen molar-refractivity contribution in [3.8, 4) is 0 Å². The van der Waals surface area contributed by atoms with Gasteiger partial charge in [-0.15, -0.1) is 0 Å². The molecule has 1 atom stereocenters. The molecule has 7 heteroatoms. The van der Waals surface area contributed by atoms with Gasteiger partial charge in [0.2, 0.25) is 0 Å². The summed E-state index contributed by atoms with van der Waals surface area (Å²) in [5, 5.41) is 13.8. The SMILES string of the molecule is CC(C)[C@@H](NC(=O)NCc1ccncn1)C(=O)O. The average Bonchev–Trinajstić information content (AvgIpc) is 2.34. The van der Waals surface area contributed by atoms with Crippen LogP contribution in [0.1, 0.15) is 19.5 Å². The lowest BCUT2D eigenvalue weighted by Crippen LogP contribution is -2.48. The number of hydrogen-bond acceptors (Lipinski definition) is 4. The lowest BCUT2D eigenvalue weighted by molar-refractivity contribution is -0.140. The molecule has 0 bridgehead atoms. The van der Waals surface area contributed by atoms with Gasteiger partial charge < -0.3 is 15.7 Å². The topological polar surface area (TPSA) is 104 Å². The summed E-state index contributed by atoms with van der Waals surface area (Å²) >= 11 is 0. The minimum Gasteiger partial charge on any atom is -0.480 e. The molecular formula is C11H16N4O3. The van der Waals surface area contributed by atoms with Crippen LogP contribution in [0.25, 0.3) is 0 Å². The first kappa shape index (κ1) is 13.9. The lowest BCUT2D eigenvalue weighted by Gasteiger charge is -2.18. The van der Waals surface area contributed by atoms with Crippen molar-refractivity contribution in [2.75, 3.05) is 0 Å². The highest BCUT2D eigenvalue weighted by atomic mass is 16.4. The van der Waals surface area contributed by atoms with Crippen molar-refractivity contribution in [3.63, 3.8) is 0 Å². The summed E-state index contributed by atoms with van der Waals surface area (Å²) < 4.78 is 0. The van der Waals surface area contributed by atoms with E-state index in [1.165, 1.54) is 6.33 Å². The molecule has 0 aliphatic rings. The van der Waals surface area contributed by atoms with Gasteiger partial charge in [0.05, 0.1) is 12.2 Å². The number of urea groups is 1. The monoisotopic (exact) mass is 252 g/mol. The Balaban J connectivity index is 2.44. The van der Waals surface area contributed by atoms with Crippen LogP contribution in [-0.2, 0) is 11.3 Å². The van der Waals surface area contributed by atoms with Gasteiger partial charge in [-0.3, -0.25) is 0 Å². The molecule has 1 aromatic heterocycles. The second-order valence-electron chi connectivity index (χ2n) is 4.09. The summed E-state index contributed by atoms with van der Waals surface area (Å²) in [5.41, 5.74) is 0.650. The van der Waals surface area contributed by atoms with Gasteiger partial charge in [0.1, 0.15) is 12.4 Å². The minimum atomic E-state index is -1.05. The number of nitrogens with one attached hydrogen (secondary N) is 2. The molecule has 3 N–H and O–H groups in total. The fourth-order valence-electron chi connectivity index (χ4n) is 1.30. The molecule has 0 aliphatic carbocycles. The van der Waals surface area contributed by atoms with Crippen LogP contribution in [0.4, 0.5) is 4.79 Å². The highest BCUT2D eigenvalue weighted by Crippen LogP contribution is 2.01. The van der Waals surface area contributed by atoms with Gasteiger partial charge in [-0.2, -0.15) is 0 Å². The highest BCUT2D eigenvalue weighted by molar-refractivity contribution is 5.82. The Labute approximate surface area is 105 Å². The Morgan fingerprint density at radius 2 is 2.17 bits per heavy atom. The van der Waals surface area contributed by atoms with E-state index in [4.69, 9.17) is 5.11 Å². The van der Waals surface area contributed by atoms with Crippen molar-refractivity contribution in [2.24, 2.45) is 5.92 Å². The van der Waals surface area contributed by atoms with E-state index in [0.29, 0.717) is 5.69 Å². The number of aromatic nitrogens is 2. The summed E-state index contributed by atoms with van der Waals surface area (Å²) in [6, 6.07) is 0.224. The van der Waals surface area contributed by atoms with Crippen LogP contribution in [-0.4, -0.2) is 33.1 Å². The minimum absolute atomic E-state index is 0.188. The fraction of sp³-hybridized carbons (Fsp3) is 0.455. The number of hydrogen-bond donors (Lipinski definition) is 3. The first-order valence-corrected chi connectivity index (χ1v) is 5.52. The maximum Gasteiger partial charge on any atom is 0.326 e. The summed E-state index contributed by atoms with van der Waals surface area (Å²) in [4.78, 5) is 30.1. The largest absolute Gasteiger partial charge is 0.480 e. The van der Waals surface area contributed by atoms with E-state index in [1.807, 2.05) is 0 Å². The van der Waals surface area contributed by atoms with Crippen molar-refractivity contribution in [1.29, 1.82) is 0 Å². The Kier molecular flexibility index (Phi) is 5.04. The molecule has 98 valence electrons. The van der Waals surface area contributed by atoms with E-state index >= 15 is 0 Å². The molecule has 0 aromatic carbocycles. The Bertz CT molecular complexity index is 408. The average molecular weight is 252 g/mol. The molecule has 18 heavy (non-hydrogen) atoms. The molecule has 0 unspecified atom stereocenters. The van der Waals surface area contributed by atoms with Crippen molar-refractivity contribution < 1.29 is 14.7 Å². The molecule has 0 saturated carbocycles. The first-order valence-electron chi connectivity index (χ1n) is 5.52. The molecule has 0 saturated heterocycles. The lowest BCUT2D eigenvalue weighted by atomic mass is 10.1. The third-order valence-electron chi connectivity index (χ3n) is 2.29. The molecule has 0 fully saturated rings. The van der Waals surface area contributed by atoms with Crippen LogP contribution in [0.3, 0.4) is 0 Å². The van der Waals surface area contributed by atoms with E-state index in [2.05, 4.69) is 20.6 Å². The van der Waals surface area contributed by atoms with Crippen molar-refractivity contribution >= 4 is 12.0 Å². The van der Waals surface area contributed by atoms with Gasteiger partial charge in [0.15, 0.2) is 0 Å². The second kappa shape index (κ2) is 6.53. The molecule has 0 radical (unpaired) electrons. The van der Waals surface area contributed by atoms with Crippen LogP contribution in [0.5, 0.6) is 0 Å². The Hall–Kier alpha value is -2.18. The number of aliphatic carboxylic acids is 1. The van der Waals surface area contributed by atoms with Crippen LogP contribution in [0, 0.1) is 5.92 Å². The first-order chi connectivity index (χ1) is 8.50. The van der Waals surface area contributed by atoms with E-state index in [-0.39, 0.29) is 12.5 Å². The van der Waals surface area contributed by atoms with Gasteiger partial charge in [0, 0.05) is 6.20 Å². The predicted octanol–water partition coefficient (Wildman–Crippen LogP) is 0.385. The molecule has 1 rings (SSSR count). The standard InChI is InChI=1S/C11H16N4O3/c1-7(2)9(10(16)17)15-11(18)13-5-8-3-4-12-6-14-8/h3-4,6-7,9H,5H2,1-2H3,(H,16,17)(H2,13,15,18)/t9-/m1/s1. The number of carbonyl (C=O) groups is 2. The van der Waals surface area contributed by atoms with Gasteiger partial charge in [-0.25, -0.2) is 19.6 Å².